The first-order valence-corrected chi connectivity index (χ1v) is 11.8. The predicted octanol–water partition coefficient (Wildman–Crippen LogP) is 3.44. The molecule has 7 nitrogen and oxygen atoms in total. The van der Waals surface area contributed by atoms with Crippen LogP contribution in [0.4, 0.5) is 0 Å². The number of benzene rings is 1. The summed E-state index contributed by atoms with van der Waals surface area (Å²) in [5, 5.41) is 9.66. The van der Waals surface area contributed by atoms with Crippen LogP contribution in [0.2, 0.25) is 0 Å². The van der Waals surface area contributed by atoms with Crippen LogP contribution in [0.15, 0.2) is 34.0 Å². The molecule has 0 bridgehead atoms. The minimum absolute atomic E-state index is 0.00984. The average molecular weight is 450 g/mol. The number of primary amides is 1. The Kier molecular flexibility index (Phi) is 7.17. The number of hydrogen-bond acceptors (Lipinski definition) is 6. The van der Waals surface area contributed by atoms with Gasteiger partial charge in [0.2, 0.25) is 20.8 Å². The average Bonchev–Trinajstić information content (AvgIpc) is 3.12. The minimum Gasteiger partial charge on any atom is -0.453 e. The van der Waals surface area contributed by atoms with E-state index in [9.17, 15) is 23.1 Å². The molecule has 0 fully saturated rings. The van der Waals surface area contributed by atoms with Crippen molar-refractivity contribution < 1.29 is 27.5 Å². The van der Waals surface area contributed by atoms with Crippen molar-refractivity contribution >= 4 is 21.5 Å². The van der Waals surface area contributed by atoms with Crippen molar-refractivity contribution in [3.63, 3.8) is 0 Å². The smallest absolute Gasteiger partial charge is 0.248 e. The number of amides is 1. The maximum Gasteiger partial charge on any atom is 0.248 e. The number of Topliss-reactive ketones (excluding diaryl/α,β-unsaturated/α-hetero) is 1. The summed E-state index contributed by atoms with van der Waals surface area (Å²) in [7, 11) is -4.01. The third-order valence-corrected chi connectivity index (χ3v) is 6.69. The Hall–Kier alpha value is -2.45. The zero-order valence-electron chi connectivity index (χ0n) is 18.9. The summed E-state index contributed by atoms with van der Waals surface area (Å²) >= 11 is 0. The lowest BCUT2D eigenvalue weighted by atomic mass is 9.84. The van der Waals surface area contributed by atoms with E-state index in [2.05, 4.69) is 0 Å². The Labute approximate surface area is 183 Å². The third kappa shape index (κ3) is 5.83. The van der Waals surface area contributed by atoms with Crippen molar-refractivity contribution in [2.45, 2.75) is 70.5 Å². The molecule has 0 radical (unpaired) electrons. The second-order valence-corrected chi connectivity index (χ2v) is 10.9. The highest BCUT2D eigenvalue weighted by molar-refractivity contribution is 7.92. The predicted molar refractivity (Wildman–Crippen MR) is 118 cm³/mol. The summed E-state index contributed by atoms with van der Waals surface area (Å²) in [6.45, 7) is 10.8. The fourth-order valence-electron chi connectivity index (χ4n) is 3.43. The lowest BCUT2D eigenvalue weighted by Crippen LogP contribution is -2.21. The van der Waals surface area contributed by atoms with Gasteiger partial charge in [-0.3, -0.25) is 9.59 Å². The van der Waals surface area contributed by atoms with Gasteiger partial charge >= 0.3 is 0 Å². The van der Waals surface area contributed by atoms with Crippen molar-refractivity contribution in [3.05, 3.63) is 52.3 Å². The Morgan fingerprint density at radius 2 is 1.58 bits per heavy atom. The van der Waals surface area contributed by atoms with Crippen molar-refractivity contribution in [2.75, 3.05) is 5.75 Å². The van der Waals surface area contributed by atoms with E-state index < -0.39 is 32.9 Å². The molecule has 0 aliphatic rings. The zero-order chi connectivity index (χ0) is 23.7. The van der Waals surface area contributed by atoms with Gasteiger partial charge < -0.3 is 15.3 Å². The molecular formula is C23H31NO6S. The van der Waals surface area contributed by atoms with Gasteiger partial charge in [-0.15, -0.1) is 0 Å². The Morgan fingerprint density at radius 3 is 1.97 bits per heavy atom. The second kappa shape index (κ2) is 8.96. The fourth-order valence-corrected chi connectivity index (χ4v) is 4.60. The number of aliphatic hydroxyl groups is 1. The SMILES string of the molecule is CC(C)c1cc(C(N)=O)cc(C(C)C)c1CC(=O)CS(=O)(=O)c1cc(C(C)(C)O)co1. The van der Waals surface area contributed by atoms with Crippen LogP contribution in [-0.2, 0) is 26.7 Å². The number of hydrogen-bond donors (Lipinski definition) is 2. The summed E-state index contributed by atoms with van der Waals surface area (Å²) in [5.74, 6) is -1.74. The largest absolute Gasteiger partial charge is 0.453 e. The molecule has 3 N–H and O–H groups in total. The summed E-state index contributed by atoms with van der Waals surface area (Å²) in [6, 6.07) is 4.60. The molecule has 0 saturated carbocycles. The molecule has 170 valence electrons. The molecule has 0 spiro atoms. The molecule has 0 saturated heterocycles. The minimum atomic E-state index is -4.01. The molecule has 0 unspecified atom stereocenters. The van der Waals surface area contributed by atoms with E-state index in [1.165, 1.54) is 26.2 Å². The third-order valence-electron chi connectivity index (χ3n) is 5.16. The number of rotatable bonds is 9. The van der Waals surface area contributed by atoms with Crippen molar-refractivity contribution in [1.82, 2.24) is 0 Å². The Balaban J connectivity index is 2.38. The molecule has 0 aliphatic carbocycles. The van der Waals surface area contributed by atoms with E-state index in [-0.39, 0.29) is 23.3 Å². The monoisotopic (exact) mass is 449 g/mol. The molecule has 1 amide bonds. The summed E-state index contributed by atoms with van der Waals surface area (Å²) in [6.07, 6.45) is 1.09. The first kappa shape index (κ1) is 24.8. The number of carbonyl (C=O) groups is 2. The second-order valence-electron chi connectivity index (χ2n) is 8.99. The molecule has 2 rings (SSSR count). The highest BCUT2D eigenvalue weighted by atomic mass is 32.2. The molecule has 0 aliphatic heterocycles. The summed E-state index contributed by atoms with van der Waals surface area (Å²) < 4.78 is 30.5. The maximum atomic E-state index is 12.8. The van der Waals surface area contributed by atoms with Crippen LogP contribution in [0.5, 0.6) is 0 Å². The van der Waals surface area contributed by atoms with Crippen LogP contribution in [0.25, 0.3) is 0 Å². The van der Waals surface area contributed by atoms with Gasteiger partial charge in [0.05, 0.1) is 11.9 Å². The van der Waals surface area contributed by atoms with Gasteiger partial charge in [0, 0.05) is 23.6 Å². The van der Waals surface area contributed by atoms with E-state index in [0.717, 1.165) is 16.7 Å². The van der Waals surface area contributed by atoms with Gasteiger partial charge in [0.15, 0.2) is 5.78 Å². The van der Waals surface area contributed by atoms with Crippen molar-refractivity contribution in [1.29, 1.82) is 0 Å². The number of sulfone groups is 1. The summed E-state index contributed by atoms with van der Waals surface area (Å²) in [5.41, 5.74) is 7.21. The maximum absolute atomic E-state index is 12.8. The molecule has 0 atom stereocenters. The van der Waals surface area contributed by atoms with Gasteiger partial charge in [-0.2, -0.15) is 0 Å². The highest BCUT2D eigenvalue weighted by Crippen LogP contribution is 2.31. The fraction of sp³-hybridized carbons (Fsp3) is 0.478. The van der Waals surface area contributed by atoms with Crippen LogP contribution in [-0.4, -0.2) is 31.0 Å². The van der Waals surface area contributed by atoms with Crippen molar-refractivity contribution in [2.24, 2.45) is 5.73 Å². The van der Waals surface area contributed by atoms with Gasteiger partial charge in [-0.25, -0.2) is 8.42 Å². The first-order chi connectivity index (χ1) is 14.1. The highest BCUT2D eigenvalue weighted by Gasteiger charge is 2.28. The normalized spacial score (nSPS) is 12.5. The lowest BCUT2D eigenvalue weighted by Gasteiger charge is -2.20. The molecule has 1 heterocycles. The Morgan fingerprint density at radius 1 is 1.06 bits per heavy atom. The van der Waals surface area contributed by atoms with Gasteiger partial charge in [-0.05, 0) is 54.5 Å². The summed E-state index contributed by atoms with van der Waals surface area (Å²) in [4.78, 5) is 24.6. The van der Waals surface area contributed by atoms with E-state index in [0.29, 0.717) is 11.1 Å². The molecule has 31 heavy (non-hydrogen) atoms. The zero-order valence-corrected chi connectivity index (χ0v) is 19.7. The van der Waals surface area contributed by atoms with Crippen LogP contribution in [0.1, 0.15) is 86.0 Å². The number of nitrogens with two attached hydrogens (primary N) is 1. The molecule has 1 aromatic heterocycles. The van der Waals surface area contributed by atoms with E-state index in [4.69, 9.17) is 10.2 Å². The Bertz CT molecular complexity index is 1060. The van der Waals surface area contributed by atoms with Gasteiger partial charge in [-0.1, -0.05) is 27.7 Å². The van der Waals surface area contributed by atoms with E-state index in [1.54, 1.807) is 12.1 Å². The van der Waals surface area contributed by atoms with Gasteiger partial charge in [0.1, 0.15) is 5.75 Å². The molecular weight excluding hydrogens is 418 g/mol. The first-order valence-electron chi connectivity index (χ1n) is 10.2. The number of carbonyl (C=O) groups excluding carboxylic acids is 2. The van der Waals surface area contributed by atoms with Crippen LogP contribution in [0, 0.1) is 0 Å². The topological polar surface area (TPSA) is 128 Å². The lowest BCUT2D eigenvalue weighted by molar-refractivity contribution is -0.116. The molecule has 1 aromatic carbocycles. The van der Waals surface area contributed by atoms with E-state index in [1.807, 2.05) is 27.7 Å². The van der Waals surface area contributed by atoms with Crippen LogP contribution >= 0.6 is 0 Å². The van der Waals surface area contributed by atoms with E-state index >= 15 is 0 Å². The molecule has 8 heteroatoms. The van der Waals surface area contributed by atoms with Crippen LogP contribution < -0.4 is 5.73 Å². The quantitative estimate of drug-likeness (QED) is 0.603. The van der Waals surface area contributed by atoms with Crippen LogP contribution in [0.3, 0.4) is 0 Å². The standard InChI is InChI=1S/C23H31NO6S/c1-13(2)18-7-15(22(24)26)8-19(14(3)4)20(18)10-17(25)12-31(28,29)21-9-16(11-30-21)23(5,6)27/h7-9,11,13-14,27H,10,12H2,1-6H3,(H2,24,26). The number of furan rings is 1. The van der Waals surface area contributed by atoms with Crippen molar-refractivity contribution in [3.8, 4) is 0 Å². The number of ketones is 1. The van der Waals surface area contributed by atoms with Gasteiger partial charge in [0.25, 0.3) is 0 Å². The molecule has 2 aromatic rings.